The van der Waals surface area contributed by atoms with Crippen LogP contribution in [-0.2, 0) is 17.6 Å². The van der Waals surface area contributed by atoms with Crippen LogP contribution in [0.25, 0.3) is 0 Å². The van der Waals surface area contributed by atoms with Gasteiger partial charge in [0, 0.05) is 0 Å². The van der Waals surface area contributed by atoms with Crippen molar-refractivity contribution < 1.29 is 18.7 Å². The lowest BCUT2D eigenvalue weighted by Crippen LogP contribution is -2.23. The smallest absolute Gasteiger partial charge is 0.160 e. The number of aryl methyl sites for hydroxylation is 2. The molecule has 2 aromatic carbocycles. The summed E-state index contributed by atoms with van der Waals surface area (Å²) in [7, 11) is 0. The maximum absolute atomic E-state index is 12.8. The molecule has 1 atom stereocenters. The number of aldehydes is 1. The molecular weight excluding hydrogens is 295 g/mol. The fourth-order valence-corrected chi connectivity index (χ4v) is 2.71. The molecule has 1 aliphatic rings. The number of hydrogen-bond donors (Lipinski definition) is 0. The molecule has 4 heteroatoms. The van der Waals surface area contributed by atoms with E-state index in [-0.39, 0.29) is 11.9 Å². The van der Waals surface area contributed by atoms with Gasteiger partial charge in [-0.05, 0) is 67.1 Å². The topological polar surface area (TPSA) is 35.5 Å². The van der Waals surface area contributed by atoms with Gasteiger partial charge in [-0.2, -0.15) is 0 Å². The van der Waals surface area contributed by atoms with Gasteiger partial charge in [0.1, 0.15) is 17.3 Å². The zero-order valence-electron chi connectivity index (χ0n) is 12.8. The average molecular weight is 314 g/mol. The van der Waals surface area contributed by atoms with Crippen molar-refractivity contribution in [3.8, 4) is 11.5 Å². The van der Waals surface area contributed by atoms with Gasteiger partial charge in [0.05, 0.1) is 6.61 Å². The van der Waals surface area contributed by atoms with Gasteiger partial charge in [-0.25, -0.2) is 4.39 Å². The van der Waals surface area contributed by atoms with E-state index in [4.69, 9.17) is 9.47 Å². The summed E-state index contributed by atoms with van der Waals surface area (Å²) in [5.41, 5.74) is 2.40. The molecule has 0 radical (unpaired) electrons. The van der Waals surface area contributed by atoms with Crippen molar-refractivity contribution in [2.24, 2.45) is 0 Å². The summed E-state index contributed by atoms with van der Waals surface area (Å²) in [5.74, 6) is 1.25. The normalized spacial score (nSPS) is 16.3. The van der Waals surface area contributed by atoms with Gasteiger partial charge in [-0.3, -0.25) is 4.79 Å². The van der Waals surface area contributed by atoms with Crippen LogP contribution in [0.5, 0.6) is 11.5 Å². The molecule has 0 saturated heterocycles. The minimum absolute atomic E-state index is 0.259. The zero-order valence-corrected chi connectivity index (χ0v) is 12.8. The third kappa shape index (κ3) is 4.09. The molecule has 3 rings (SSSR count). The van der Waals surface area contributed by atoms with Gasteiger partial charge in [-0.1, -0.05) is 12.1 Å². The maximum Gasteiger partial charge on any atom is 0.160 e. The predicted octanol–water partition coefficient (Wildman–Crippen LogP) is 3.73. The molecule has 0 amide bonds. The standard InChI is InChI=1S/C19H19FO3/c20-16-5-8-17(9-6-16)22-11-1-2-14-3-10-19-15(12-14)4-7-18(13-21)23-19/h3,5-6,8-10,12-13,18H,1-2,4,7,11H2. The molecule has 0 aromatic heterocycles. The number of ether oxygens (including phenoxy) is 2. The van der Waals surface area contributed by atoms with Crippen LogP contribution < -0.4 is 9.47 Å². The van der Waals surface area contributed by atoms with E-state index in [0.29, 0.717) is 12.4 Å². The average Bonchev–Trinajstić information content (AvgIpc) is 2.59. The largest absolute Gasteiger partial charge is 0.494 e. The van der Waals surface area contributed by atoms with Crippen LogP contribution in [0.2, 0.25) is 0 Å². The summed E-state index contributed by atoms with van der Waals surface area (Å²) in [5, 5.41) is 0. The Morgan fingerprint density at radius 2 is 2.04 bits per heavy atom. The first-order valence-corrected chi connectivity index (χ1v) is 7.87. The fourth-order valence-electron chi connectivity index (χ4n) is 2.71. The van der Waals surface area contributed by atoms with Crippen molar-refractivity contribution in [1.82, 2.24) is 0 Å². The Balaban J connectivity index is 1.49. The number of fused-ring (bicyclic) bond motifs is 1. The Labute approximate surface area is 135 Å². The molecule has 1 unspecified atom stereocenters. The lowest BCUT2D eigenvalue weighted by Gasteiger charge is -2.22. The molecule has 0 aliphatic carbocycles. The number of rotatable bonds is 6. The molecule has 0 N–H and O–H groups in total. The Morgan fingerprint density at radius 3 is 2.83 bits per heavy atom. The highest BCUT2D eigenvalue weighted by Gasteiger charge is 2.18. The van der Waals surface area contributed by atoms with Crippen LogP contribution in [0.4, 0.5) is 4.39 Å². The molecule has 2 aromatic rings. The molecule has 23 heavy (non-hydrogen) atoms. The number of benzene rings is 2. The number of hydrogen-bond acceptors (Lipinski definition) is 3. The first kappa shape index (κ1) is 15.5. The van der Waals surface area contributed by atoms with Crippen molar-refractivity contribution in [3.05, 3.63) is 59.4 Å². The lowest BCUT2D eigenvalue weighted by atomic mass is 9.99. The second-order valence-electron chi connectivity index (χ2n) is 5.68. The summed E-state index contributed by atoms with van der Waals surface area (Å²) >= 11 is 0. The number of halogens is 1. The molecule has 0 fully saturated rings. The van der Waals surface area contributed by atoms with E-state index in [0.717, 1.165) is 37.7 Å². The second kappa shape index (κ2) is 7.27. The van der Waals surface area contributed by atoms with Crippen LogP contribution >= 0.6 is 0 Å². The Bertz CT molecular complexity index is 667. The highest BCUT2D eigenvalue weighted by atomic mass is 19.1. The summed E-state index contributed by atoms with van der Waals surface area (Å²) in [4.78, 5) is 10.8. The Kier molecular flexibility index (Phi) is 4.91. The van der Waals surface area contributed by atoms with Gasteiger partial charge in [0.15, 0.2) is 12.4 Å². The minimum atomic E-state index is -0.308. The third-order valence-corrected chi connectivity index (χ3v) is 3.95. The molecule has 1 aliphatic heterocycles. The fraction of sp³-hybridized carbons (Fsp3) is 0.316. The summed E-state index contributed by atoms with van der Waals surface area (Å²) in [6.45, 7) is 0.590. The minimum Gasteiger partial charge on any atom is -0.494 e. The van der Waals surface area contributed by atoms with Crippen molar-refractivity contribution in [1.29, 1.82) is 0 Å². The van der Waals surface area contributed by atoms with E-state index >= 15 is 0 Å². The summed E-state index contributed by atoms with van der Waals surface area (Å²) in [6.07, 6.45) is 3.97. The van der Waals surface area contributed by atoms with Crippen LogP contribution in [0.3, 0.4) is 0 Å². The molecule has 0 bridgehead atoms. The first-order valence-electron chi connectivity index (χ1n) is 7.87. The van der Waals surface area contributed by atoms with Gasteiger partial charge in [-0.15, -0.1) is 0 Å². The van der Waals surface area contributed by atoms with E-state index in [1.807, 2.05) is 12.1 Å². The third-order valence-electron chi connectivity index (χ3n) is 3.95. The SMILES string of the molecule is O=CC1CCc2cc(CCCOc3ccc(F)cc3)ccc2O1. The monoisotopic (exact) mass is 314 g/mol. The summed E-state index contributed by atoms with van der Waals surface area (Å²) in [6, 6.07) is 12.2. The highest BCUT2D eigenvalue weighted by molar-refractivity contribution is 5.58. The lowest BCUT2D eigenvalue weighted by molar-refractivity contribution is -0.114. The van der Waals surface area contributed by atoms with Crippen molar-refractivity contribution >= 4 is 6.29 Å². The summed E-state index contributed by atoms with van der Waals surface area (Å²) < 4.78 is 24.0. The second-order valence-corrected chi connectivity index (χ2v) is 5.68. The van der Waals surface area contributed by atoms with Crippen LogP contribution in [-0.4, -0.2) is 19.0 Å². The quantitative estimate of drug-likeness (QED) is 0.602. The van der Waals surface area contributed by atoms with Crippen molar-refractivity contribution in [2.75, 3.05) is 6.61 Å². The molecule has 0 saturated carbocycles. The van der Waals surface area contributed by atoms with Crippen molar-refractivity contribution in [2.45, 2.75) is 31.8 Å². The number of carbonyl (C=O) groups excluding carboxylic acids is 1. The molecular formula is C19H19FO3. The van der Waals surface area contributed by atoms with E-state index < -0.39 is 0 Å². The predicted molar refractivity (Wildman–Crippen MR) is 85.5 cm³/mol. The van der Waals surface area contributed by atoms with E-state index in [9.17, 15) is 9.18 Å². The highest BCUT2D eigenvalue weighted by Crippen LogP contribution is 2.28. The molecule has 3 nitrogen and oxygen atoms in total. The Morgan fingerprint density at radius 1 is 1.22 bits per heavy atom. The molecule has 0 spiro atoms. The molecule has 120 valence electrons. The van der Waals surface area contributed by atoms with E-state index in [1.54, 1.807) is 12.1 Å². The number of carbonyl (C=O) groups is 1. The van der Waals surface area contributed by atoms with Gasteiger partial charge < -0.3 is 9.47 Å². The van der Waals surface area contributed by atoms with Crippen molar-refractivity contribution in [3.63, 3.8) is 0 Å². The van der Waals surface area contributed by atoms with E-state index in [1.165, 1.54) is 23.3 Å². The van der Waals surface area contributed by atoms with Crippen LogP contribution in [0.1, 0.15) is 24.0 Å². The van der Waals surface area contributed by atoms with Gasteiger partial charge in [0.2, 0.25) is 0 Å². The zero-order chi connectivity index (χ0) is 16.1. The molecule has 1 heterocycles. The van der Waals surface area contributed by atoms with E-state index in [2.05, 4.69) is 6.07 Å². The van der Waals surface area contributed by atoms with Gasteiger partial charge >= 0.3 is 0 Å². The van der Waals surface area contributed by atoms with Crippen LogP contribution in [0, 0.1) is 5.82 Å². The van der Waals surface area contributed by atoms with Crippen LogP contribution in [0.15, 0.2) is 42.5 Å². The first-order chi connectivity index (χ1) is 11.2. The maximum atomic E-state index is 12.8. The Hall–Kier alpha value is -2.36. The van der Waals surface area contributed by atoms with Gasteiger partial charge in [0.25, 0.3) is 0 Å².